The summed E-state index contributed by atoms with van der Waals surface area (Å²) in [5.41, 5.74) is 0.209. The Kier molecular flexibility index (Phi) is 3.97. The fourth-order valence-electron chi connectivity index (χ4n) is 5.29. The summed E-state index contributed by atoms with van der Waals surface area (Å²) in [6, 6.07) is 0. The number of carbonyl (C=O) groups is 3. The molecule has 0 amide bonds. The summed E-state index contributed by atoms with van der Waals surface area (Å²) in [7, 11) is 0. The molecule has 0 unspecified atom stereocenters. The first-order valence-electron chi connectivity index (χ1n) is 9.48. The maximum absolute atomic E-state index is 13.0. The van der Waals surface area contributed by atoms with Crippen molar-refractivity contribution < 1.29 is 28.6 Å². The van der Waals surface area contributed by atoms with Crippen LogP contribution in [0.2, 0.25) is 0 Å². The van der Waals surface area contributed by atoms with Gasteiger partial charge in [0, 0.05) is 11.3 Å². The minimum atomic E-state index is -0.957. The zero-order valence-corrected chi connectivity index (χ0v) is 16.0. The molecule has 2 heterocycles. The molecule has 0 aromatic rings. The summed E-state index contributed by atoms with van der Waals surface area (Å²) < 4.78 is 16.7. The first-order valence-corrected chi connectivity index (χ1v) is 9.48. The highest BCUT2D eigenvalue weighted by molar-refractivity contribution is 6.07. The minimum absolute atomic E-state index is 0.180. The van der Waals surface area contributed by atoms with E-state index in [-0.39, 0.29) is 36.6 Å². The van der Waals surface area contributed by atoms with Crippen molar-refractivity contribution in [2.24, 2.45) is 16.7 Å². The van der Waals surface area contributed by atoms with E-state index >= 15 is 0 Å². The molecule has 1 fully saturated rings. The molecule has 0 N–H and O–H groups in total. The molecule has 0 radical (unpaired) electrons. The number of esters is 2. The van der Waals surface area contributed by atoms with Crippen molar-refractivity contribution in [2.75, 3.05) is 13.2 Å². The molecule has 6 heteroatoms. The molecule has 4 atom stereocenters. The number of hydrogen-bond donors (Lipinski definition) is 0. The number of ether oxygens (including phenoxy) is 3. The van der Waals surface area contributed by atoms with Gasteiger partial charge in [-0.05, 0) is 26.3 Å². The first kappa shape index (κ1) is 18.2. The molecule has 4 aliphatic rings. The summed E-state index contributed by atoms with van der Waals surface area (Å²) in [5.74, 6) is -1.53. The molecular formula is C21H24O6. The van der Waals surface area contributed by atoms with E-state index in [1.165, 1.54) is 0 Å². The fraction of sp³-hybridized carbons (Fsp3) is 0.571. The number of carbonyl (C=O) groups excluding carboxylic acids is 3. The quantitative estimate of drug-likeness (QED) is 0.556. The van der Waals surface area contributed by atoms with E-state index in [9.17, 15) is 14.4 Å². The van der Waals surface area contributed by atoms with E-state index in [2.05, 4.69) is 13.8 Å². The zero-order valence-electron chi connectivity index (χ0n) is 16.0. The highest BCUT2D eigenvalue weighted by Crippen LogP contribution is 2.67. The highest BCUT2D eigenvalue weighted by atomic mass is 16.5. The van der Waals surface area contributed by atoms with Crippen LogP contribution < -0.4 is 0 Å². The van der Waals surface area contributed by atoms with Crippen LogP contribution in [0.25, 0.3) is 0 Å². The number of allylic oxidation sites excluding steroid dienone is 1. The number of fused-ring (bicyclic) bond motifs is 3. The highest BCUT2D eigenvalue weighted by Gasteiger charge is 2.68. The molecule has 0 aromatic carbocycles. The van der Waals surface area contributed by atoms with Gasteiger partial charge in [-0.15, -0.1) is 0 Å². The summed E-state index contributed by atoms with van der Waals surface area (Å²) >= 11 is 0. The average molecular weight is 372 g/mol. The van der Waals surface area contributed by atoms with Gasteiger partial charge < -0.3 is 14.2 Å². The number of hydrogen-bond acceptors (Lipinski definition) is 6. The summed E-state index contributed by atoms with van der Waals surface area (Å²) in [5, 5.41) is 0. The van der Waals surface area contributed by atoms with E-state index < -0.39 is 28.9 Å². The van der Waals surface area contributed by atoms with Gasteiger partial charge in [-0.1, -0.05) is 31.6 Å². The number of rotatable bonds is 4. The lowest BCUT2D eigenvalue weighted by Crippen LogP contribution is -2.58. The molecule has 2 aliphatic carbocycles. The lowest BCUT2D eigenvalue weighted by Gasteiger charge is -2.54. The van der Waals surface area contributed by atoms with Crippen molar-refractivity contribution in [3.8, 4) is 0 Å². The normalized spacial score (nSPS) is 35.0. The van der Waals surface area contributed by atoms with Crippen molar-refractivity contribution >= 4 is 17.7 Å². The van der Waals surface area contributed by atoms with Crippen LogP contribution in [0.3, 0.4) is 0 Å². The van der Waals surface area contributed by atoms with Crippen LogP contribution in [0.1, 0.15) is 34.1 Å². The Morgan fingerprint density at radius 2 is 1.85 bits per heavy atom. The van der Waals surface area contributed by atoms with Gasteiger partial charge in [-0.3, -0.25) is 4.79 Å². The van der Waals surface area contributed by atoms with Gasteiger partial charge in [-0.25, -0.2) is 9.59 Å². The van der Waals surface area contributed by atoms with Crippen LogP contribution in [-0.2, 0) is 28.6 Å². The molecular weight excluding hydrogens is 348 g/mol. The third kappa shape index (κ3) is 2.19. The predicted molar refractivity (Wildman–Crippen MR) is 95.5 cm³/mol. The van der Waals surface area contributed by atoms with Crippen molar-refractivity contribution in [2.45, 2.75) is 46.3 Å². The van der Waals surface area contributed by atoms with Gasteiger partial charge in [0.1, 0.15) is 6.10 Å². The standard InChI is InChI=1S/C21H24O6/c1-5-25-18(23)15-11-9-13-20(3,4)14-8-7-12(22)17(27-14)21(13,10-11)16(15)19(24)26-6-2/h7-9,11,14,17H,5-6,10H2,1-4H3/t11-,14-,17+,21+/m1/s1. The summed E-state index contributed by atoms with van der Waals surface area (Å²) in [4.78, 5) is 38.4. The lowest BCUT2D eigenvalue weighted by atomic mass is 9.57. The van der Waals surface area contributed by atoms with Crippen LogP contribution >= 0.6 is 0 Å². The van der Waals surface area contributed by atoms with E-state index in [1.54, 1.807) is 26.0 Å². The van der Waals surface area contributed by atoms with Gasteiger partial charge in [0.2, 0.25) is 0 Å². The zero-order chi connectivity index (χ0) is 19.6. The second-order valence-corrected chi connectivity index (χ2v) is 8.01. The van der Waals surface area contributed by atoms with Crippen LogP contribution in [0.5, 0.6) is 0 Å². The van der Waals surface area contributed by atoms with E-state index in [0.717, 1.165) is 5.57 Å². The second-order valence-electron chi connectivity index (χ2n) is 8.01. The van der Waals surface area contributed by atoms with Crippen LogP contribution in [0, 0.1) is 16.7 Å². The molecule has 1 saturated heterocycles. The Balaban J connectivity index is 1.94. The first-order chi connectivity index (χ1) is 12.8. The van der Waals surface area contributed by atoms with Crippen LogP contribution in [-0.4, -0.2) is 43.1 Å². The molecule has 0 aromatic heterocycles. The van der Waals surface area contributed by atoms with Gasteiger partial charge in [0.15, 0.2) is 5.78 Å². The summed E-state index contributed by atoms with van der Waals surface area (Å²) in [6.07, 6.45) is 4.78. The fourth-order valence-corrected chi connectivity index (χ4v) is 5.29. The van der Waals surface area contributed by atoms with Crippen molar-refractivity contribution in [3.05, 3.63) is 34.9 Å². The topological polar surface area (TPSA) is 78.9 Å². The third-order valence-electron chi connectivity index (χ3n) is 6.28. The van der Waals surface area contributed by atoms with Crippen molar-refractivity contribution in [1.29, 1.82) is 0 Å². The molecule has 4 bridgehead atoms. The molecule has 6 nitrogen and oxygen atoms in total. The average Bonchev–Trinajstić information content (AvgIpc) is 3.16. The van der Waals surface area contributed by atoms with Crippen LogP contribution in [0.4, 0.5) is 0 Å². The Morgan fingerprint density at radius 1 is 1.19 bits per heavy atom. The monoisotopic (exact) mass is 372 g/mol. The van der Waals surface area contributed by atoms with Crippen LogP contribution in [0.15, 0.2) is 34.9 Å². The van der Waals surface area contributed by atoms with Gasteiger partial charge in [0.05, 0.1) is 35.9 Å². The maximum atomic E-state index is 13.0. The molecule has 2 aliphatic heterocycles. The minimum Gasteiger partial charge on any atom is -0.463 e. The second kappa shape index (κ2) is 5.89. The molecule has 1 spiro atoms. The maximum Gasteiger partial charge on any atom is 0.335 e. The molecule has 0 saturated carbocycles. The smallest absolute Gasteiger partial charge is 0.335 e. The Labute approximate surface area is 158 Å². The van der Waals surface area contributed by atoms with E-state index in [4.69, 9.17) is 14.2 Å². The van der Waals surface area contributed by atoms with Gasteiger partial charge in [0.25, 0.3) is 0 Å². The third-order valence-corrected chi connectivity index (χ3v) is 6.28. The van der Waals surface area contributed by atoms with Crippen molar-refractivity contribution in [1.82, 2.24) is 0 Å². The lowest BCUT2D eigenvalue weighted by molar-refractivity contribution is -0.158. The Hall–Kier alpha value is -2.21. The van der Waals surface area contributed by atoms with E-state index in [0.29, 0.717) is 12.0 Å². The van der Waals surface area contributed by atoms with Crippen molar-refractivity contribution in [3.63, 3.8) is 0 Å². The predicted octanol–water partition coefficient (Wildman–Crippen LogP) is 2.29. The van der Waals surface area contributed by atoms with E-state index in [1.807, 2.05) is 6.08 Å². The molecule has 4 rings (SSSR count). The Morgan fingerprint density at radius 3 is 2.52 bits per heavy atom. The van der Waals surface area contributed by atoms with Gasteiger partial charge in [-0.2, -0.15) is 0 Å². The molecule has 144 valence electrons. The van der Waals surface area contributed by atoms with Gasteiger partial charge >= 0.3 is 11.9 Å². The Bertz CT molecular complexity index is 830. The SMILES string of the molecule is CCOC(=O)C1=C(C(=O)OCC)[C@]23C[C@H]1C=C2C(C)(C)[C@H]1C=CC(=O)[C@@H]3O1. The molecule has 27 heavy (non-hydrogen) atoms. The summed E-state index contributed by atoms with van der Waals surface area (Å²) in [6.45, 7) is 7.94. The number of ketones is 1. The largest absolute Gasteiger partial charge is 0.463 e.